The SMILES string of the molecule is C=CCn1c(=S)[nH]c2cc(C(=O)NC(C)c3ccc(Br)cc3)ccc2c1=O. The van der Waals surface area contributed by atoms with Gasteiger partial charge in [0.2, 0.25) is 0 Å². The molecule has 138 valence electrons. The maximum Gasteiger partial charge on any atom is 0.262 e. The molecule has 7 heteroatoms. The number of carbonyl (C=O) groups is 1. The highest BCUT2D eigenvalue weighted by molar-refractivity contribution is 9.10. The van der Waals surface area contributed by atoms with Gasteiger partial charge in [0.1, 0.15) is 0 Å². The van der Waals surface area contributed by atoms with Crippen LogP contribution in [0.15, 0.2) is 64.4 Å². The molecule has 27 heavy (non-hydrogen) atoms. The molecule has 2 N–H and O–H groups in total. The van der Waals surface area contributed by atoms with E-state index in [4.69, 9.17) is 12.2 Å². The Kier molecular flexibility index (Phi) is 5.72. The molecule has 5 nitrogen and oxygen atoms in total. The molecule has 0 bridgehead atoms. The van der Waals surface area contributed by atoms with Crippen LogP contribution < -0.4 is 10.9 Å². The lowest BCUT2D eigenvalue weighted by molar-refractivity contribution is 0.0940. The molecule has 0 radical (unpaired) electrons. The summed E-state index contributed by atoms with van der Waals surface area (Å²) in [5.74, 6) is -0.220. The maximum atomic E-state index is 12.6. The molecule has 1 atom stereocenters. The van der Waals surface area contributed by atoms with E-state index in [0.717, 1.165) is 10.0 Å². The number of benzene rings is 2. The fourth-order valence-corrected chi connectivity index (χ4v) is 3.34. The number of H-pyrrole nitrogens is 1. The van der Waals surface area contributed by atoms with Gasteiger partial charge >= 0.3 is 0 Å². The van der Waals surface area contributed by atoms with Crippen LogP contribution in [0.3, 0.4) is 0 Å². The summed E-state index contributed by atoms with van der Waals surface area (Å²) in [5.41, 5.74) is 1.79. The number of aromatic nitrogens is 2. The molecule has 1 aromatic heterocycles. The van der Waals surface area contributed by atoms with Crippen LogP contribution in [0, 0.1) is 4.77 Å². The summed E-state index contributed by atoms with van der Waals surface area (Å²) in [6.45, 7) is 5.89. The fourth-order valence-electron chi connectivity index (χ4n) is 2.81. The van der Waals surface area contributed by atoms with Crippen LogP contribution in [0.1, 0.15) is 28.9 Å². The van der Waals surface area contributed by atoms with Gasteiger partial charge in [-0.1, -0.05) is 34.1 Å². The van der Waals surface area contributed by atoms with Crippen LogP contribution in [0.5, 0.6) is 0 Å². The molecule has 0 saturated heterocycles. The number of aromatic amines is 1. The summed E-state index contributed by atoms with van der Waals surface area (Å²) in [6.07, 6.45) is 1.61. The Labute approximate surface area is 169 Å². The van der Waals surface area contributed by atoms with E-state index in [1.54, 1.807) is 24.3 Å². The minimum absolute atomic E-state index is 0.152. The van der Waals surface area contributed by atoms with Gasteiger partial charge in [-0.05, 0) is 55.0 Å². The standard InChI is InChI=1S/C20H18BrN3O2S/c1-3-10-24-19(26)16-9-6-14(11-17(16)23-20(24)27)18(25)22-12(2)13-4-7-15(21)8-5-13/h3-9,11-12H,1,10H2,2H3,(H,22,25)(H,23,27). The van der Waals surface area contributed by atoms with Crippen molar-refractivity contribution in [3.63, 3.8) is 0 Å². The first-order valence-electron chi connectivity index (χ1n) is 8.35. The Balaban J connectivity index is 1.90. The minimum Gasteiger partial charge on any atom is -0.346 e. The molecule has 0 aliphatic heterocycles. The molecule has 2 aromatic carbocycles. The lowest BCUT2D eigenvalue weighted by atomic mass is 10.1. The van der Waals surface area contributed by atoms with Crippen molar-refractivity contribution >= 4 is 45.0 Å². The number of carbonyl (C=O) groups excluding carboxylic acids is 1. The summed E-state index contributed by atoms with van der Waals surface area (Å²) < 4.78 is 2.71. The van der Waals surface area contributed by atoms with Gasteiger partial charge in [-0.25, -0.2) is 0 Å². The lowest BCUT2D eigenvalue weighted by Crippen LogP contribution is -2.27. The number of nitrogens with one attached hydrogen (secondary N) is 2. The summed E-state index contributed by atoms with van der Waals surface area (Å²) in [5, 5.41) is 3.44. The van der Waals surface area contributed by atoms with E-state index in [-0.39, 0.29) is 17.5 Å². The third-order valence-corrected chi connectivity index (χ3v) is 5.12. The van der Waals surface area contributed by atoms with Gasteiger partial charge in [-0.2, -0.15) is 0 Å². The second kappa shape index (κ2) is 8.02. The highest BCUT2D eigenvalue weighted by Crippen LogP contribution is 2.18. The van der Waals surface area contributed by atoms with E-state index in [9.17, 15) is 9.59 Å². The van der Waals surface area contributed by atoms with E-state index in [1.165, 1.54) is 4.57 Å². The van der Waals surface area contributed by atoms with Crippen molar-refractivity contribution < 1.29 is 4.79 Å². The van der Waals surface area contributed by atoms with Crippen LogP contribution in [-0.4, -0.2) is 15.5 Å². The van der Waals surface area contributed by atoms with Crippen molar-refractivity contribution in [1.82, 2.24) is 14.9 Å². The van der Waals surface area contributed by atoms with Crippen molar-refractivity contribution in [3.05, 3.63) is 85.8 Å². The number of amides is 1. The number of hydrogen-bond acceptors (Lipinski definition) is 3. The largest absolute Gasteiger partial charge is 0.346 e. The molecule has 0 spiro atoms. The summed E-state index contributed by atoms with van der Waals surface area (Å²) in [4.78, 5) is 28.2. The zero-order chi connectivity index (χ0) is 19.6. The van der Waals surface area contributed by atoms with E-state index in [2.05, 4.69) is 32.8 Å². The zero-order valence-electron chi connectivity index (χ0n) is 14.7. The highest BCUT2D eigenvalue weighted by Gasteiger charge is 2.13. The molecule has 1 heterocycles. The molecule has 0 fully saturated rings. The average Bonchev–Trinajstić information content (AvgIpc) is 2.65. The summed E-state index contributed by atoms with van der Waals surface area (Å²) in [6, 6.07) is 12.5. The number of fused-ring (bicyclic) bond motifs is 1. The van der Waals surface area contributed by atoms with Crippen molar-refractivity contribution in [3.8, 4) is 0 Å². The highest BCUT2D eigenvalue weighted by atomic mass is 79.9. The Morgan fingerprint density at radius 1 is 1.33 bits per heavy atom. The van der Waals surface area contributed by atoms with Crippen LogP contribution in [-0.2, 0) is 6.54 Å². The van der Waals surface area contributed by atoms with Gasteiger partial charge in [0.05, 0.1) is 16.9 Å². The predicted molar refractivity (Wildman–Crippen MR) is 114 cm³/mol. The third kappa shape index (κ3) is 4.09. The molecular formula is C20H18BrN3O2S. The number of hydrogen-bond donors (Lipinski definition) is 2. The monoisotopic (exact) mass is 443 g/mol. The summed E-state index contributed by atoms with van der Waals surface area (Å²) >= 11 is 8.64. The number of rotatable bonds is 5. The second-order valence-electron chi connectivity index (χ2n) is 6.14. The van der Waals surface area contributed by atoms with Crippen molar-refractivity contribution in [2.45, 2.75) is 19.5 Å². The van der Waals surface area contributed by atoms with E-state index in [1.807, 2.05) is 31.2 Å². The first kappa shape index (κ1) is 19.3. The predicted octanol–water partition coefficient (Wildman–Crippen LogP) is 4.50. The molecule has 0 saturated carbocycles. The Hall–Kier alpha value is -2.51. The topological polar surface area (TPSA) is 66.9 Å². The molecule has 0 aliphatic carbocycles. The number of allylic oxidation sites excluding steroid dienone is 1. The van der Waals surface area contributed by atoms with Gasteiger partial charge in [0, 0.05) is 16.6 Å². The fraction of sp³-hybridized carbons (Fsp3) is 0.150. The van der Waals surface area contributed by atoms with Crippen LogP contribution in [0.4, 0.5) is 0 Å². The van der Waals surface area contributed by atoms with Crippen LogP contribution in [0.2, 0.25) is 0 Å². The molecule has 1 unspecified atom stereocenters. The third-order valence-electron chi connectivity index (χ3n) is 4.27. The van der Waals surface area contributed by atoms with Crippen molar-refractivity contribution in [2.24, 2.45) is 0 Å². The minimum atomic E-state index is -0.220. The molecule has 1 amide bonds. The van der Waals surface area contributed by atoms with Gasteiger partial charge in [0.15, 0.2) is 4.77 Å². The van der Waals surface area contributed by atoms with E-state index in [0.29, 0.717) is 27.8 Å². The van der Waals surface area contributed by atoms with E-state index >= 15 is 0 Å². The number of nitrogens with zero attached hydrogens (tertiary/aromatic N) is 1. The van der Waals surface area contributed by atoms with Crippen molar-refractivity contribution in [1.29, 1.82) is 0 Å². The van der Waals surface area contributed by atoms with Gasteiger partial charge < -0.3 is 10.3 Å². The van der Waals surface area contributed by atoms with Crippen LogP contribution in [0.25, 0.3) is 10.9 Å². The Morgan fingerprint density at radius 2 is 2.04 bits per heavy atom. The molecule has 3 aromatic rings. The van der Waals surface area contributed by atoms with Crippen LogP contribution >= 0.6 is 28.1 Å². The van der Waals surface area contributed by atoms with Gasteiger partial charge in [0.25, 0.3) is 11.5 Å². The summed E-state index contributed by atoms with van der Waals surface area (Å²) in [7, 11) is 0. The van der Waals surface area contributed by atoms with E-state index < -0.39 is 0 Å². The molecule has 0 aliphatic rings. The van der Waals surface area contributed by atoms with Gasteiger partial charge in [-0.15, -0.1) is 6.58 Å². The second-order valence-corrected chi connectivity index (χ2v) is 7.44. The quantitative estimate of drug-likeness (QED) is 0.450. The first-order valence-corrected chi connectivity index (χ1v) is 9.55. The van der Waals surface area contributed by atoms with Crippen molar-refractivity contribution in [2.75, 3.05) is 0 Å². The van der Waals surface area contributed by atoms with Gasteiger partial charge in [-0.3, -0.25) is 14.2 Å². The molecule has 3 rings (SSSR count). The normalized spacial score (nSPS) is 11.9. The maximum absolute atomic E-state index is 12.6. The number of halogens is 1. The Bertz CT molecular complexity index is 1130. The average molecular weight is 444 g/mol. The Morgan fingerprint density at radius 3 is 2.70 bits per heavy atom. The zero-order valence-corrected chi connectivity index (χ0v) is 17.1. The smallest absolute Gasteiger partial charge is 0.262 e. The first-order chi connectivity index (χ1) is 12.9. The molecular weight excluding hydrogens is 426 g/mol. The lowest BCUT2D eigenvalue weighted by Gasteiger charge is -2.15.